The summed E-state index contributed by atoms with van der Waals surface area (Å²) in [4.78, 5) is 0. The Balaban J connectivity index is 1.81. The lowest BCUT2D eigenvalue weighted by atomic mass is 9.87. The van der Waals surface area contributed by atoms with Crippen molar-refractivity contribution in [1.29, 1.82) is 0 Å². The van der Waals surface area contributed by atoms with Gasteiger partial charge in [0.1, 0.15) is 5.75 Å². The van der Waals surface area contributed by atoms with Crippen LogP contribution in [0.25, 0.3) is 0 Å². The van der Waals surface area contributed by atoms with Gasteiger partial charge in [-0.3, -0.25) is 0 Å². The third-order valence-corrected chi connectivity index (χ3v) is 5.11. The summed E-state index contributed by atoms with van der Waals surface area (Å²) in [6, 6.07) is 4.14. The van der Waals surface area contributed by atoms with Gasteiger partial charge in [-0.15, -0.1) is 0 Å². The second-order valence-corrected chi connectivity index (χ2v) is 7.32. The molecule has 0 bridgehead atoms. The molecule has 0 atom stereocenters. The lowest BCUT2D eigenvalue weighted by molar-refractivity contribution is 0.333. The summed E-state index contributed by atoms with van der Waals surface area (Å²) in [5.74, 6) is 1.87. The number of nitrogens with one attached hydrogen (secondary N) is 1. The molecule has 1 aromatic carbocycles. The predicted octanol–water partition coefficient (Wildman–Crippen LogP) is 5.28. The number of ether oxygens (including phenoxy) is 1. The maximum Gasteiger partial charge on any atom is 0.137 e. The molecule has 0 saturated heterocycles. The van der Waals surface area contributed by atoms with Crippen LogP contribution in [-0.4, -0.2) is 13.7 Å². The molecule has 1 N–H and O–H groups in total. The smallest absolute Gasteiger partial charge is 0.137 e. The molecule has 1 aliphatic carbocycles. The van der Waals surface area contributed by atoms with Crippen molar-refractivity contribution in [2.75, 3.05) is 13.7 Å². The summed E-state index contributed by atoms with van der Waals surface area (Å²) in [6.07, 6.45) is 8.44. The van der Waals surface area contributed by atoms with Crippen LogP contribution in [0.15, 0.2) is 21.1 Å². The van der Waals surface area contributed by atoms with Crippen LogP contribution in [0.1, 0.15) is 44.1 Å². The van der Waals surface area contributed by atoms with Gasteiger partial charge < -0.3 is 10.1 Å². The first kappa shape index (κ1) is 16.3. The Hall–Kier alpha value is -0.0600. The number of rotatable bonds is 6. The van der Waals surface area contributed by atoms with Crippen LogP contribution in [-0.2, 0) is 6.54 Å². The Bertz CT molecular complexity index is 431. The van der Waals surface area contributed by atoms with Crippen LogP contribution in [0.5, 0.6) is 5.75 Å². The van der Waals surface area contributed by atoms with E-state index >= 15 is 0 Å². The van der Waals surface area contributed by atoms with Gasteiger partial charge in [0.2, 0.25) is 0 Å². The number of benzene rings is 1. The fraction of sp³-hybridized carbons (Fsp3) is 0.625. The molecule has 0 heterocycles. The highest BCUT2D eigenvalue weighted by Crippen LogP contribution is 2.32. The van der Waals surface area contributed by atoms with Gasteiger partial charge >= 0.3 is 0 Å². The maximum atomic E-state index is 5.47. The monoisotopic (exact) mass is 403 g/mol. The molecule has 1 aromatic rings. The highest BCUT2D eigenvalue weighted by Gasteiger charge is 2.13. The van der Waals surface area contributed by atoms with Crippen molar-refractivity contribution in [2.24, 2.45) is 5.92 Å². The molecule has 0 spiro atoms. The maximum absolute atomic E-state index is 5.47. The summed E-state index contributed by atoms with van der Waals surface area (Å²) in [5, 5.41) is 3.56. The van der Waals surface area contributed by atoms with E-state index in [1.165, 1.54) is 44.1 Å². The molecular weight excluding hydrogens is 382 g/mol. The van der Waals surface area contributed by atoms with E-state index < -0.39 is 0 Å². The Kier molecular flexibility index (Phi) is 6.85. The van der Waals surface area contributed by atoms with Crippen LogP contribution < -0.4 is 10.1 Å². The Morgan fingerprint density at radius 2 is 1.95 bits per heavy atom. The Morgan fingerprint density at radius 1 is 1.20 bits per heavy atom. The third-order valence-electron chi connectivity index (χ3n) is 4.06. The summed E-state index contributed by atoms with van der Waals surface area (Å²) in [6.45, 7) is 1.95. The van der Waals surface area contributed by atoms with Gasteiger partial charge in [0.05, 0.1) is 11.6 Å². The highest BCUT2D eigenvalue weighted by molar-refractivity contribution is 9.11. The minimum Gasteiger partial charge on any atom is -0.495 e. The third kappa shape index (κ3) is 4.74. The van der Waals surface area contributed by atoms with E-state index in [0.717, 1.165) is 33.7 Å². The second-order valence-electron chi connectivity index (χ2n) is 5.55. The number of methoxy groups -OCH3 is 1. The quantitative estimate of drug-likeness (QED) is 0.651. The molecule has 4 heteroatoms. The molecule has 0 amide bonds. The van der Waals surface area contributed by atoms with Gasteiger partial charge in [-0.05, 0) is 46.9 Å². The van der Waals surface area contributed by atoms with Crippen LogP contribution in [0.3, 0.4) is 0 Å². The van der Waals surface area contributed by atoms with E-state index in [2.05, 4.69) is 43.2 Å². The molecule has 112 valence electrons. The van der Waals surface area contributed by atoms with Gasteiger partial charge in [-0.25, -0.2) is 0 Å². The number of halogens is 2. The summed E-state index contributed by atoms with van der Waals surface area (Å²) >= 11 is 7.08. The minimum atomic E-state index is 0.855. The zero-order valence-electron chi connectivity index (χ0n) is 12.1. The van der Waals surface area contributed by atoms with E-state index in [1.807, 2.05) is 6.07 Å². The van der Waals surface area contributed by atoms with Crippen molar-refractivity contribution in [1.82, 2.24) is 5.32 Å². The lowest BCUT2D eigenvalue weighted by Crippen LogP contribution is -2.19. The molecule has 1 fully saturated rings. The van der Waals surface area contributed by atoms with Crippen molar-refractivity contribution in [3.05, 3.63) is 26.6 Å². The topological polar surface area (TPSA) is 21.3 Å². The fourth-order valence-electron chi connectivity index (χ4n) is 2.98. The summed E-state index contributed by atoms with van der Waals surface area (Å²) in [5.41, 5.74) is 1.19. The SMILES string of the molecule is COc1c(Br)cc(Br)cc1CNCCC1CCCCC1. The average Bonchev–Trinajstić information content (AvgIpc) is 2.44. The predicted molar refractivity (Wildman–Crippen MR) is 91.3 cm³/mol. The molecule has 2 rings (SSSR count). The molecule has 0 aromatic heterocycles. The van der Waals surface area contributed by atoms with Gasteiger partial charge in [0, 0.05) is 16.6 Å². The van der Waals surface area contributed by atoms with Gasteiger partial charge in [0.15, 0.2) is 0 Å². The van der Waals surface area contributed by atoms with Gasteiger partial charge in [0.25, 0.3) is 0 Å². The van der Waals surface area contributed by atoms with Crippen LogP contribution in [0.4, 0.5) is 0 Å². The van der Waals surface area contributed by atoms with Crippen LogP contribution in [0, 0.1) is 5.92 Å². The van der Waals surface area contributed by atoms with Crippen LogP contribution >= 0.6 is 31.9 Å². The Morgan fingerprint density at radius 3 is 2.65 bits per heavy atom. The molecule has 2 nitrogen and oxygen atoms in total. The van der Waals surface area contributed by atoms with E-state index in [1.54, 1.807) is 7.11 Å². The summed E-state index contributed by atoms with van der Waals surface area (Å²) < 4.78 is 7.55. The zero-order chi connectivity index (χ0) is 14.4. The molecule has 20 heavy (non-hydrogen) atoms. The van der Waals surface area contributed by atoms with Crippen molar-refractivity contribution in [2.45, 2.75) is 45.1 Å². The Labute approximate surface area is 138 Å². The molecule has 1 saturated carbocycles. The molecular formula is C16H23Br2NO. The fourth-order valence-corrected chi connectivity index (χ4v) is 4.45. The van der Waals surface area contributed by atoms with Gasteiger partial charge in [-0.2, -0.15) is 0 Å². The second kappa shape index (κ2) is 8.40. The van der Waals surface area contributed by atoms with Crippen molar-refractivity contribution < 1.29 is 4.74 Å². The van der Waals surface area contributed by atoms with E-state index in [9.17, 15) is 0 Å². The first-order valence-corrected chi connectivity index (χ1v) is 9.02. The van der Waals surface area contributed by atoms with Crippen molar-refractivity contribution in [3.8, 4) is 5.75 Å². The molecule has 0 radical (unpaired) electrons. The van der Waals surface area contributed by atoms with E-state index in [0.29, 0.717) is 0 Å². The van der Waals surface area contributed by atoms with E-state index in [-0.39, 0.29) is 0 Å². The lowest BCUT2D eigenvalue weighted by Gasteiger charge is -2.21. The average molecular weight is 405 g/mol. The number of hydrogen-bond acceptors (Lipinski definition) is 2. The van der Waals surface area contributed by atoms with Crippen molar-refractivity contribution >= 4 is 31.9 Å². The first-order valence-electron chi connectivity index (χ1n) is 7.43. The highest BCUT2D eigenvalue weighted by atomic mass is 79.9. The molecule has 1 aliphatic rings. The normalized spacial score (nSPS) is 16.4. The molecule has 0 aliphatic heterocycles. The number of hydrogen-bond donors (Lipinski definition) is 1. The van der Waals surface area contributed by atoms with Crippen LogP contribution in [0.2, 0.25) is 0 Å². The zero-order valence-corrected chi connectivity index (χ0v) is 15.2. The summed E-state index contributed by atoms with van der Waals surface area (Å²) in [7, 11) is 1.72. The van der Waals surface area contributed by atoms with E-state index in [4.69, 9.17) is 4.74 Å². The van der Waals surface area contributed by atoms with Gasteiger partial charge in [-0.1, -0.05) is 48.0 Å². The first-order chi connectivity index (χ1) is 9.70. The van der Waals surface area contributed by atoms with Crippen molar-refractivity contribution in [3.63, 3.8) is 0 Å². The largest absolute Gasteiger partial charge is 0.495 e. The molecule has 0 unspecified atom stereocenters. The standard InChI is InChI=1S/C16H23Br2NO/c1-20-16-13(9-14(17)10-15(16)18)11-19-8-7-12-5-3-2-4-6-12/h9-10,12,19H,2-8,11H2,1H3. The minimum absolute atomic E-state index is 0.855.